The van der Waals surface area contributed by atoms with Crippen molar-refractivity contribution in [2.45, 2.75) is 25.2 Å². The van der Waals surface area contributed by atoms with Crippen LogP contribution in [-0.2, 0) is 9.53 Å². The smallest absolute Gasteiger partial charge is 0.308 e. The molecule has 1 aliphatic rings. The molecule has 1 aliphatic heterocycles. The Bertz CT molecular complexity index is 125. The Morgan fingerprint density at radius 2 is 2.44 bits per heavy atom. The van der Waals surface area contributed by atoms with Crippen LogP contribution in [0.25, 0.3) is 0 Å². The van der Waals surface area contributed by atoms with Gasteiger partial charge in [-0.2, -0.15) is 0 Å². The zero-order valence-corrected chi connectivity index (χ0v) is 4.91. The fourth-order valence-electron chi connectivity index (χ4n) is 0.708. The standard InChI is InChI=1S/C5H9NO3/c6-3-1-2-4(7)9-5(3)8/h3,5,8H,1-2,6H2. The molecule has 0 spiro atoms. The van der Waals surface area contributed by atoms with E-state index >= 15 is 0 Å². The molecule has 0 saturated carbocycles. The highest BCUT2D eigenvalue weighted by atomic mass is 16.6. The lowest BCUT2D eigenvalue weighted by molar-refractivity contribution is -0.179. The molecule has 0 aliphatic carbocycles. The predicted octanol–water partition coefficient (Wildman–Crippen LogP) is -1.03. The Morgan fingerprint density at radius 3 is 2.89 bits per heavy atom. The maximum Gasteiger partial charge on any atom is 0.308 e. The van der Waals surface area contributed by atoms with Gasteiger partial charge in [0, 0.05) is 6.42 Å². The van der Waals surface area contributed by atoms with Gasteiger partial charge in [0.1, 0.15) is 0 Å². The zero-order valence-electron chi connectivity index (χ0n) is 4.91. The molecule has 2 unspecified atom stereocenters. The van der Waals surface area contributed by atoms with Gasteiger partial charge in [-0.3, -0.25) is 4.79 Å². The molecule has 0 aromatic rings. The lowest BCUT2D eigenvalue weighted by Gasteiger charge is -2.23. The van der Waals surface area contributed by atoms with Crippen molar-refractivity contribution in [2.75, 3.05) is 0 Å². The van der Waals surface area contributed by atoms with Crippen LogP contribution in [0.1, 0.15) is 12.8 Å². The second-order valence-corrected chi connectivity index (χ2v) is 2.08. The van der Waals surface area contributed by atoms with E-state index in [1.165, 1.54) is 0 Å². The molecule has 52 valence electrons. The van der Waals surface area contributed by atoms with Crippen molar-refractivity contribution in [3.8, 4) is 0 Å². The number of carbonyl (C=O) groups is 1. The van der Waals surface area contributed by atoms with E-state index in [0.717, 1.165) is 0 Å². The molecule has 9 heavy (non-hydrogen) atoms. The molecule has 4 nitrogen and oxygen atoms in total. The average molecular weight is 131 g/mol. The highest BCUT2D eigenvalue weighted by Gasteiger charge is 2.25. The number of cyclic esters (lactones) is 1. The maximum atomic E-state index is 10.4. The van der Waals surface area contributed by atoms with Crippen molar-refractivity contribution in [3.63, 3.8) is 0 Å². The van der Waals surface area contributed by atoms with Gasteiger partial charge in [0.05, 0.1) is 6.04 Å². The summed E-state index contributed by atoms with van der Waals surface area (Å²) in [6.07, 6.45) is -0.260. The van der Waals surface area contributed by atoms with Gasteiger partial charge >= 0.3 is 5.97 Å². The van der Waals surface area contributed by atoms with Crippen LogP contribution in [-0.4, -0.2) is 23.4 Å². The summed E-state index contributed by atoms with van der Waals surface area (Å²) in [6, 6.07) is -0.400. The molecular weight excluding hydrogens is 122 g/mol. The van der Waals surface area contributed by atoms with E-state index < -0.39 is 12.3 Å². The number of esters is 1. The first-order valence-electron chi connectivity index (χ1n) is 2.83. The highest BCUT2D eigenvalue weighted by molar-refractivity contribution is 5.70. The number of carbonyl (C=O) groups excluding carboxylic acids is 1. The van der Waals surface area contributed by atoms with E-state index in [1.54, 1.807) is 0 Å². The van der Waals surface area contributed by atoms with Gasteiger partial charge in [-0.25, -0.2) is 0 Å². The van der Waals surface area contributed by atoms with Gasteiger partial charge < -0.3 is 15.6 Å². The van der Waals surface area contributed by atoms with Gasteiger partial charge in [-0.1, -0.05) is 0 Å². The zero-order chi connectivity index (χ0) is 6.85. The quantitative estimate of drug-likeness (QED) is 0.412. The number of aliphatic hydroxyl groups excluding tert-OH is 1. The van der Waals surface area contributed by atoms with Crippen LogP contribution >= 0.6 is 0 Å². The summed E-state index contributed by atoms with van der Waals surface area (Å²) in [4.78, 5) is 10.4. The van der Waals surface area contributed by atoms with E-state index in [0.29, 0.717) is 12.8 Å². The molecule has 0 aromatic carbocycles. The van der Waals surface area contributed by atoms with Crippen molar-refractivity contribution in [3.05, 3.63) is 0 Å². The molecule has 2 atom stereocenters. The third-order valence-corrected chi connectivity index (χ3v) is 1.30. The Morgan fingerprint density at radius 1 is 1.78 bits per heavy atom. The van der Waals surface area contributed by atoms with E-state index in [2.05, 4.69) is 4.74 Å². The second kappa shape index (κ2) is 2.33. The van der Waals surface area contributed by atoms with Crippen molar-refractivity contribution < 1.29 is 14.6 Å². The molecule has 1 fully saturated rings. The lowest BCUT2D eigenvalue weighted by atomic mass is 10.1. The van der Waals surface area contributed by atoms with Crippen LogP contribution in [0.4, 0.5) is 0 Å². The predicted molar refractivity (Wildman–Crippen MR) is 29.3 cm³/mol. The number of rotatable bonds is 0. The summed E-state index contributed by atoms with van der Waals surface area (Å²) in [6.45, 7) is 0. The molecule has 0 aromatic heterocycles. The molecule has 3 N–H and O–H groups in total. The normalized spacial score (nSPS) is 36.0. The van der Waals surface area contributed by atoms with Crippen molar-refractivity contribution in [1.82, 2.24) is 0 Å². The van der Waals surface area contributed by atoms with Crippen LogP contribution in [0.5, 0.6) is 0 Å². The SMILES string of the molecule is NC1CCC(=O)OC1O. The minimum atomic E-state index is -1.09. The molecule has 0 amide bonds. The number of ether oxygens (including phenoxy) is 1. The fraction of sp³-hybridized carbons (Fsp3) is 0.800. The Hall–Kier alpha value is -0.610. The fourth-order valence-corrected chi connectivity index (χ4v) is 0.708. The summed E-state index contributed by atoms with van der Waals surface area (Å²) in [5.74, 6) is -0.371. The lowest BCUT2D eigenvalue weighted by Crippen LogP contribution is -2.42. The topological polar surface area (TPSA) is 72.6 Å². The summed E-state index contributed by atoms with van der Waals surface area (Å²) in [5.41, 5.74) is 5.31. The largest absolute Gasteiger partial charge is 0.434 e. The third kappa shape index (κ3) is 1.40. The summed E-state index contributed by atoms with van der Waals surface area (Å²) in [5, 5.41) is 8.78. The second-order valence-electron chi connectivity index (χ2n) is 2.08. The molecule has 4 heteroatoms. The van der Waals surface area contributed by atoms with Gasteiger partial charge in [-0.05, 0) is 6.42 Å². The van der Waals surface area contributed by atoms with Gasteiger partial charge in [0.2, 0.25) is 6.29 Å². The Balaban J connectivity index is 2.44. The maximum absolute atomic E-state index is 10.4. The van der Waals surface area contributed by atoms with Crippen molar-refractivity contribution >= 4 is 5.97 Å². The minimum absolute atomic E-state index is 0.318. The first-order valence-corrected chi connectivity index (χ1v) is 2.83. The molecule has 0 radical (unpaired) electrons. The molecule has 0 bridgehead atoms. The van der Waals surface area contributed by atoms with E-state index in [9.17, 15) is 4.79 Å². The van der Waals surface area contributed by atoms with Crippen LogP contribution in [0, 0.1) is 0 Å². The summed E-state index contributed by atoms with van der Waals surface area (Å²) >= 11 is 0. The van der Waals surface area contributed by atoms with E-state index in [1.807, 2.05) is 0 Å². The van der Waals surface area contributed by atoms with E-state index in [4.69, 9.17) is 10.8 Å². The van der Waals surface area contributed by atoms with Crippen LogP contribution in [0.2, 0.25) is 0 Å². The number of aliphatic hydroxyl groups is 1. The Kier molecular flexibility index (Phi) is 1.68. The van der Waals surface area contributed by atoms with E-state index in [-0.39, 0.29) is 5.97 Å². The van der Waals surface area contributed by atoms with Crippen LogP contribution in [0.3, 0.4) is 0 Å². The Labute approximate surface area is 52.6 Å². The minimum Gasteiger partial charge on any atom is -0.434 e. The monoisotopic (exact) mass is 131 g/mol. The summed E-state index contributed by atoms with van der Waals surface area (Å²) < 4.78 is 4.39. The summed E-state index contributed by atoms with van der Waals surface area (Å²) in [7, 11) is 0. The highest BCUT2D eigenvalue weighted by Crippen LogP contribution is 2.09. The van der Waals surface area contributed by atoms with Crippen molar-refractivity contribution in [2.24, 2.45) is 5.73 Å². The van der Waals surface area contributed by atoms with Crippen molar-refractivity contribution in [1.29, 1.82) is 0 Å². The molecule has 1 heterocycles. The number of hydrogen-bond donors (Lipinski definition) is 2. The molecule has 1 rings (SSSR count). The first kappa shape index (κ1) is 6.51. The average Bonchev–Trinajstić information content (AvgIpc) is 1.80. The van der Waals surface area contributed by atoms with Gasteiger partial charge in [0.25, 0.3) is 0 Å². The molecular formula is C5H9NO3. The third-order valence-electron chi connectivity index (χ3n) is 1.30. The van der Waals surface area contributed by atoms with Gasteiger partial charge in [-0.15, -0.1) is 0 Å². The molecule has 1 saturated heterocycles. The van der Waals surface area contributed by atoms with Crippen LogP contribution < -0.4 is 5.73 Å². The first-order chi connectivity index (χ1) is 4.20. The number of hydrogen-bond acceptors (Lipinski definition) is 4. The number of nitrogens with two attached hydrogens (primary N) is 1. The van der Waals surface area contributed by atoms with Gasteiger partial charge in [0.15, 0.2) is 0 Å². The van der Waals surface area contributed by atoms with Crippen LogP contribution in [0.15, 0.2) is 0 Å².